The summed E-state index contributed by atoms with van der Waals surface area (Å²) in [4.78, 5) is 21.6. The highest BCUT2D eigenvalue weighted by Gasteiger charge is 2.32. The number of nitrogens with one attached hydrogen (secondary N) is 2. The monoisotopic (exact) mass is 377 g/mol. The molecule has 2 N–H and O–H groups in total. The molecule has 3 atom stereocenters. The van der Waals surface area contributed by atoms with E-state index < -0.39 is 0 Å². The second-order valence-electron chi connectivity index (χ2n) is 9.10. The Balaban J connectivity index is 1.37. The minimum Gasteiger partial charge on any atom is -0.355 e. The van der Waals surface area contributed by atoms with Gasteiger partial charge in [-0.15, -0.1) is 0 Å². The summed E-state index contributed by atoms with van der Waals surface area (Å²) < 4.78 is 0. The molecular formula is C21H39N5O. The van der Waals surface area contributed by atoms with E-state index in [9.17, 15) is 4.79 Å². The minimum absolute atomic E-state index is 0.288. The van der Waals surface area contributed by atoms with Gasteiger partial charge in [0.2, 0.25) is 5.91 Å². The summed E-state index contributed by atoms with van der Waals surface area (Å²) in [6, 6.07) is 0.316. The zero-order valence-corrected chi connectivity index (χ0v) is 17.5. The van der Waals surface area contributed by atoms with Gasteiger partial charge in [0.25, 0.3) is 0 Å². The molecule has 1 saturated carbocycles. The van der Waals surface area contributed by atoms with Crippen LogP contribution in [0.1, 0.15) is 52.4 Å². The maximum Gasteiger partial charge on any atom is 0.225 e. The van der Waals surface area contributed by atoms with Crippen LogP contribution in [-0.2, 0) is 4.79 Å². The highest BCUT2D eigenvalue weighted by atomic mass is 16.2. The third-order valence-electron chi connectivity index (χ3n) is 6.43. The van der Waals surface area contributed by atoms with Crippen LogP contribution in [0.5, 0.6) is 0 Å². The van der Waals surface area contributed by atoms with E-state index in [1.54, 1.807) is 0 Å². The zero-order valence-electron chi connectivity index (χ0n) is 17.5. The van der Waals surface area contributed by atoms with Crippen LogP contribution in [0.4, 0.5) is 0 Å². The summed E-state index contributed by atoms with van der Waals surface area (Å²) in [6.45, 7) is 10.8. The number of likely N-dealkylation sites (tertiary alicyclic amines) is 2. The molecule has 2 aliphatic heterocycles. The van der Waals surface area contributed by atoms with Crippen LogP contribution in [0.15, 0.2) is 4.99 Å². The molecule has 27 heavy (non-hydrogen) atoms. The molecule has 0 spiro atoms. The fourth-order valence-corrected chi connectivity index (χ4v) is 5.20. The highest BCUT2D eigenvalue weighted by Crippen LogP contribution is 2.27. The Morgan fingerprint density at radius 1 is 1.07 bits per heavy atom. The van der Waals surface area contributed by atoms with E-state index in [2.05, 4.69) is 39.3 Å². The Bertz CT molecular complexity index is 507. The van der Waals surface area contributed by atoms with Gasteiger partial charge in [-0.25, -0.2) is 0 Å². The molecule has 0 aromatic carbocycles. The maximum atomic E-state index is 12.6. The molecule has 6 heteroatoms. The van der Waals surface area contributed by atoms with Crippen LogP contribution < -0.4 is 10.6 Å². The molecule has 2 saturated heterocycles. The van der Waals surface area contributed by atoms with Gasteiger partial charge < -0.3 is 20.4 Å². The van der Waals surface area contributed by atoms with E-state index in [4.69, 9.17) is 0 Å². The number of amides is 1. The van der Waals surface area contributed by atoms with Crippen LogP contribution in [0.3, 0.4) is 0 Å². The largest absolute Gasteiger partial charge is 0.355 e. The van der Waals surface area contributed by atoms with Crippen LogP contribution in [-0.4, -0.2) is 74.0 Å². The Hall–Kier alpha value is -1.30. The van der Waals surface area contributed by atoms with Crippen LogP contribution >= 0.6 is 0 Å². The number of piperidine rings is 1. The first-order valence-electron chi connectivity index (χ1n) is 11.0. The Kier molecular flexibility index (Phi) is 7.39. The van der Waals surface area contributed by atoms with E-state index in [1.165, 1.54) is 32.4 Å². The summed E-state index contributed by atoms with van der Waals surface area (Å²) in [7, 11) is 1.83. The van der Waals surface area contributed by atoms with E-state index in [0.717, 1.165) is 63.2 Å². The van der Waals surface area contributed by atoms with Gasteiger partial charge in [0.05, 0.1) is 0 Å². The average Bonchev–Trinajstić information content (AvgIpc) is 3.31. The van der Waals surface area contributed by atoms with Gasteiger partial charge in [0.15, 0.2) is 5.96 Å². The van der Waals surface area contributed by atoms with Crippen molar-refractivity contribution in [2.75, 3.05) is 46.3 Å². The smallest absolute Gasteiger partial charge is 0.225 e. The van der Waals surface area contributed by atoms with Gasteiger partial charge in [-0.3, -0.25) is 9.79 Å². The SMILES string of the molecule is CN=C(NCCN1CC(C)CC(C)C1)NC1CCN(C(=O)C2CCCC2)C1. The number of aliphatic imine (C=N–C) groups is 1. The standard InChI is InChI=1S/C21H39N5O/c1-16-12-17(2)14-25(13-16)11-9-23-21(22-3)24-19-8-10-26(15-19)20(27)18-6-4-5-7-18/h16-19H,4-15H2,1-3H3,(H2,22,23,24). The van der Waals surface area contributed by atoms with Crippen LogP contribution in [0, 0.1) is 17.8 Å². The molecule has 6 nitrogen and oxygen atoms in total. The van der Waals surface area contributed by atoms with Crippen LogP contribution in [0.25, 0.3) is 0 Å². The molecule has 2 heterocycles. The van der Waals surface area contributed by atoms with Crippen molar-refractivity contribution in [1.82, 2.24) is 20.4 Å². The van der Waals surface area contributed by atoms with E-state index in [1.807, 2.05) is 7.05 Å². The molecular weight excluding hydrogens is 338 g/mol. The van der Waals surface area contributed by atoms with Gasteiger partial charge >= 0.3 is 0 Å². The molecule has 3 aliphatic rings. The third kappa shape index (κ3) is 5.84. The Morgan fingerprint density at radius 2 is 1.78 bits per heavy atom. The molecule has 0 bridgehead atoms. The predicted molar refractivity (Wildman–Crippen MR) is 111 cm³/mol. The van der Waals surface area contributed by atoms with E-state index >= 15 is 0 Å². The quantitative estimate of drug-likeness (QED) is 0.568. The van der Waals surface area contributed by atoms with Crippen molar-refractivity contribution in [3.05, 3.63) is 0 Å². The van der Waals surface area contributed by atoms with Crippen LogP contribution in [0.2, 0.25) is 0 Å². The van der Waals surface area contributed by atoms with Gasteiger partial charge in [-0.05, 0) is 37.5 Å². The van der Waals surface area contributed by atoms with E-state index in [0.29, 0.717) is 11.9 Å². The molecule has 3 rings (SSSR count). The zero-order chi connectivity index (χ0) is 19.2. The Morgan fingerprint density at radius 3 is 2.44 bits per heavy atom. The second kappa shape index (κ2) is 9.76. The summed E-state index contributed by atoms with van der Waals surface area (Å²) in [6.07, 6.45) is 6.98. The predicted octanol–water partition coefficient (Wildman–Crippen LogP) is 1.92. The molecule has 154 valence electrons. The number of guanidine groups is 1. The van der Waals surface area contributed by atoms with Gasteiger partial charge in [0, 0.05) is 58.3 Å². The second-order valence-corrected chi connectivity index (χ2v) is 9.10. The topological polar surface area (TPSA) is 60.0 Å². The average molecular weight is 378 g/mol. The number of nitrogens with zero attached hydrogens (tertiary/aromatic N) is 3. The fourth-order valence-electron chi connectivity index (χ4n) is 5.20. The van der Waals surface area contributed by atoms with Crippen molar-refractivity contribution < 1.29 is 4.79 Å². The van der Waals surface area contributed by atoms with Gasteiger partial charge in [-0.2, -0.15) is 0 Å². The molecule has 3 unspecified atom stereocenters. The lowest BCUT2D eigenvalue weighted by Crippen LogP contribution is -2.48. The lowest BCUT2D eigenvalue weighted by molar-refractivity contribution is -0.134. The Labute approximate surface area is 165 Å². The number of carbonyl (C=O) groups excluding carboxylic acids is 1. The first-order valence-corrected chi connectivity index (χ1v) is 11.0. The van der Waals surface area contributed by atoms with Crippen molar-refractivity contribution in [2.24, 2.45) is 22.7 Å². The summed E-state index contributed by atoms with van der Waals surface area (Å²) >= 11 is 0. The number of hydrogen-bond acceptors (Lipinski definition) is 3. The lowest BCUT2D eigenvalue weighted by atomic mass is 9.92. The summed E-state index contributed by atoms with van der Waals surface area (Å²) in [5.74, 6) is 3.14. The molecule has 1 aliphatic carbocycles. The highest BCUT2D eigenvalue weighted by molar-refractivity contribution is 5.81. The van der Waals surface area contributed by atoms with Crippen molar-refractivity contribution in [3.63, 3.8) is 0 Å². The lowest BCUT2D eigenvalue weighted by Gasteiger charge is -2.35. The normalized spacial score (nSPS) is 30.7. The van der Waals surface area contributed by atoms with Crippen molar-refractivity contribution in [2.45, 2.75) is 58.4 Å². The third-order valence-corrected chi connectivity index (χ3v) is 6.43. The first-order chi connectivity index (χ1) is 13.0. The van der Waals surface area contributed by atoms with Gasteiger partial charge in [-0.1, -0.05) is 26.7 Å². The van der Waals surface area contributed by atoms with Crippen molar-refractivity contribution >= 4 is 11.9 Å². The van der Waals surface area contributed by atoms with Gasteiger partial charge in [0.1, 0.15) is 0 Å². The number of carbonyl (C=O) groups is 1. The van der Waals surface area contributed by atoms with E-state index in [-0.39, 0.29) is 5.92 Å². The maximum absolute atomic E-state index is 12.6. The van der Waals surface area contributed by atoms with Crippen molar-refractivity contribution in [1.29, 1.82) is 0 Å². The minimum atomic E-state index is 0.288. The number of rotatable bonds is 5. The molecule has 1 amide bonds. The summed E-state index contributed by atoms with van der Waals surface area (Å²) in [5.41, 5.74) is 0. The summed E-state index contributed by atoms with van der Waals surface area (Å²) in [5, 5.41) is 6.99. The molecule has 0 aromatic rings. The number of hydrogen-bond donors (Lipinski definition) is 2. The molecule has 3 fully saturated rings. The molecule has 0 aromatic heterocycles. The first kappa shape index (κ1) is 20.4. The molecule has 0 radical (unpaired) electrons. The van der Waals surface area contributed by atoms with Crippen molar-refractivity contribution in [3.8, 4) is 0 Å². The fraction of sp³-hybridized carbons (Fsp3) is 0.905.